The lowest BCUT2D eigenvalue weighted by Crippen LogP contribution is -2.58. The summed E-state index contributed by atoms with van der Waals surface area (Å²) in [6, 6.07) is 30.5. The minimum Gasteiger partial charge on any atom is -0.382 e. The Morgan fingerprint density at radius 1 is 0.897 bits per heavy atom. The fourth-order valence-corrected chi connectivity index (χ4v) is 9.54. The average Bonchev–Trinajstić information content (AvgIpc) is 3.45. The number of nitrogens with zero attached hydrogens (tertiary/aromatic N) is 2. The fraction of sp³-hybridized carbons (Fsp3) is 0.235. The topological polar surface area (TPSA) is 53.4 Å². The summed E-state index contributed by atoms with van der Waals surface area (Å²) in [4.78, 5) is 22.7. The highest BCUT2D eigenvalue weighted by Crippen LogP contribution is 2.81. The Bertz CT molecular complexity index is 1910. The number of benzene rings is 4. The second-order valence-corrected chi connectivity index (χ2v) is 12.3. The molecule has 1 N–H and O–H groups in total. The summed E-state index contributed by atoms with van der Waals surface area (Å²) < 4.78 is 0. The van der Waals surface area contributed by atoms with Gasteiger partial charge in [0.15, 0.2) is 5.78 Å². The van der Waals surface area contributed by atoms with Gasteiger partial charge in [-0.25, -0.2) is 0 Å². The maximum Gasteiger partial charge on any atom is 0.173 e. The molecule has 1 saturated heterocycles. The SMILES string of the molecule is CN1C[C@@H](c2ccc(Cl)cc2)[C@]23C[C@H](c4nc5ccccc5cc4C2=O)[C@]2(O)c4cccc5cccc(c45)[C@]132. The number of hydrogen-bond donors (Lipinski definition) is 1. The van der Waals surface area contributed by atoms with E-state index >= 15 is 4.79 Å². The Kier molecular flexibility index (Phi) is 3.97. The molecule has 39 heavy (non-hydrogen) atoms. The van der Waals surface area contributed by atoms with Gasteiger partial charge in [-0.1, -0.05) is 78.3 Å². The lowest BCUT2D eigenvalue weighted by atomic mass is 9.57. The number of aromatic nitrogens is 1. The number of Topliss-reactive ketones (excluding diaryl/α,β-unsaturated/α-hetero) is 1. The number of carbonyl (C=O) groups excluding carboxylic acids is 1. The van der Waals surface area contributed by atoms with Crippen LogP contribution in [0.4, 0.5) is 0 Å². The smallest absolute Gasteiger partial charge is 0.173 e. The number of ketones is 1. The maximum atomic E-state index is 15.3. The van der Waals surface area contributed by atoms with Gasteiger partial charge in [0.2, 0.25) is 0 Å². The van der Waals surface area contributed by atoms with Gasteiger partial charge in [-0.05, 0) is 65.2 Å². The summed E-state index contributed by atoms with van der Waals surface area (Å²) in [5, 5.41) is 17.3. The zero-order chi connectivity index (χ0) is 26.3. The average molecular weight is 529 g/mol. The Balaban J connectivity index is 1.45. The largest absolute Gasteiger partial charge is 0.382 e. The van der Waals surface area contributed by atoms with Crippen LogP contribution in [0.2, 0.25) is 5.02 Å². The van der Waals surface area contributed by atoms with E-state index in [4.69, 9.17) is 16.6 Å². The molecule has 1 aromatic heterocycles. The molecule has 9 rings (SSSR count). The summed E-state index contributed by atoms with van der Waals surface area (Å²) in [5.74, 6) is -0.352. The minimum atomic E-state index is -1.32. The summed E-state index contributed by atoms with van der Waals surface area (Å²) in [6.07, 6.45) is 0.545. The van der Waals surface area contributed by atoms with Crippen molar-refractivity contribution in [3.8, 4) is 0 Å². The van der Waals surface area contributed by atoms with Gasteiger partial charge in [-0.2, -0.15) is 0 Å². The van der Waals surface area contributed by atoms with Crippen LogP contribution in [0.1, 0.15) is 51.0 Å². The first-order valence-electron chi connectivity index (χ1n) is 13.6. The Morgan fingerprint density at radius 2 is 1.62 bits per heavy atom. The van der Waals surface area contributed by atoms with Crippen LogP contribution in [-0.4, -0.2) is 34.4 Å². The third-order valence-electron chi connectivity index (χ3n) is 10.6. The monoisotopic (exact) mass is 528 g/mol. The molecule has 4 nitrogen and oxygen atoms in total. The summed E-state index contributed by atoms with van der Waals surface area (Å²) >= 11 is 6.31. The van der Waals surface area contributed by atoms with Crippen LogP contribution in [0.3, 0.4) is 0 Å². The van der Waals surface area contributed by atoms with E-state index in [-0.39, 0.29) is 17.6 Å². The Hall–Kier alpha value is -3.57. The first-order valence-corrected chi connectivity index (χ1v) is 14.0. The molecule has 2 fully saturated rings. The molecule has 3 aliphatic carbocycles. The number of fused-ring (bicyclic) bond motifs is 6. The number of para-hydroxylation sites is 1. The van der Waals surface area contributed by atoms with Crippen molar-refractivity contribution in [1.82, 2.24) is 9.88 Å². The molecule has 5 heteroatoms. The van der Waals surface area contributed by atoms with Crippen LogP contribution in [0.5, 0.6) is 0 Å². The molecule has 2 spiro atoms. The normalized spacial score (nSPS) is 32.0. The van der Waals surface area contributed by atoms with Gasteiger partial charge in [0.05, 0.1) is 22.2 Å². The van der Waals surface area contributed by atoms with Crippen molar-refractivity contribution in [2.24, 2.45) is 5.41 Å². The van der Waals surface area contributed by atoms with Gasteiger partial charge >= 0.3 is 0 Å². The predicted molar refractivity (Wildman–Crippen MR) is 152 cm³/mol. The van der Waals surface area contributed by atoms with Gasteiger partial charge in [0.1, 0.15) is 5.60 Å². The highest BCUT2D eigenvalue weighted by atomic mass is 35.5. The zero-order valence-corrected chi connectivity index (χ0v) is 22.1. The third-order valence-corrected chi connectivity index (χ3v) is 10.8. The van der Waals surface area contributed by atoms with Crippen LogP contribution >= 0.6 is 11.6 Å². The van der Waals surface area contributed by atoms with E-state index in [1.165, 1.54) is 0 Å². The van der Waals surface area contributed by atoms with E-state index in [0.717, 1.165) is 44.1 Å². The lowest BCUT2D eigenvalue weighted by Gasteiger charge is -2.48. The maximum absolute atomic E-state index is 15.3. The molecule has 4 aliphatic rings. The quantitative estimate of drug-likeness (QED) is 0.268. The third kappa shape index (κ3) is 2.20. The molecule has 1 aliphatic heterocycles. The van der Waals surface area contributed by atoms with Crippen LogP contribution < -0.4 is 0 Å². The van der Waals surface area contributed by atoms with Gasteiger partial charge in [-0.15, -0.1) is 0 Å². The Labute approximate surface area is 230 Å². The van der Waals surface area contributed by atoms with Crippen molar-refractivity contribution >= 4 is 39.1 Å². The van der Waals surface area contributed by atoms with E-state index in [0.29, 0.717) is 23.6 Å². The van der Waals surface area contributed by atoms with Crippen molar-refractivity contribution in [1.29, 1.82) is 0 Å². The molecular formula is C34H25ClN2O2. The summed E-state index contributed by atoms with van der Waals surface area (Å²) in [6.45, 7) is 0.656. The van der Waals surface area contributed by atoms with E-state index < -0.39 is 16.6 Å². The van der Waals surface area contributed by atoms with Gasteiger partial charge < -0.3 is 5.11 Å². The second-order valence-electron chi connectivity index (χ2n) is 11.8. The second kappa shape index (κ2) is 6.95. The highest BCUT2D eigenvalue weighted by Gasteiger charge is 2.85. The molecule has 2 bridgehead atoms. The molecule has 2 heterocycles. The summed E-state index contributed by atoms with van der Waals surface area (Å²) in [5.41, 5.74) is 2.18. The first kappa shape index (κ1) is 22.3. The van der Waals surface area contributed by atoms with Crippen molar-refractivity contribution < 1.29 is 9.90 Å². The molecule has 5 aromatic rings. The molecule has 0 unspecified atom stereocenters. The molecule has 0 radical (unpaired) electrons. The minimum absolute atomic E-state index is 0.0945. The molecule has 4 aromatic carbocycles. The number of rotatable bonds is 1. The van der Waals surface area contributed by atoms with Gasteiger partial charge in [0.25, 0.3) is 0 Å². The van der Waals surface area contributed by atoms with Gasteiger partial charge in [0, 0.05) is 34.4 Å². The number of pyridine rings is 1. The van der Waals surface area contributed by atoms with Crippen LogP contribution in [0.15, 0.2) is 91.0 Å². The van der Waals surface area contributed by atoms with E-state index in [1.54, 1.807) is 0 Å². The summed E-state index contributed by atoms with van der Waals surface area (Å²) in [7, 11) is 2.09. The molecule has 0 amide bonds. The molecule has 5 atom stereocenters. The number of hydrogen-bond acceptors (Lipinski definition) is 4. The van der Waals surface area contributed by atoms with Crippen LogP contribution in [0, 0.1) is 5.41 Å². The van der Waals surface area contributed by atoms with Crippen molar-refractivity contribution in [2.45, 2.75) is 29.4 Å². The lowest BCUT2D eigenvalue weighted by molar-refractivity contribution is -0.104. The molecular weight excluding hydrogens is 504 g/mol. The fourth-order valence-electron chi connectivity index (χ4n) is 9.41. The number of carbonyl (C=O) groups is 1. The molecule has 190 valence electrons. The van der Waals surface area contributed by atoms with E-state index in [1.807, 2.05) is 48.5 Å². The Morgan fingerprint density at radius 3 is 2.41 bits per heavy atom. The first-order chi connectivity index (χ1) is 18.9. The number of halogens is 1. The van der Waals surface area contributed by atoms with E-state index in [2.05, 4.69) is 54.4 Å². The zero-order valence-electron chi connectivity index (χ0n) is 21.4. The number of likely N-dealkylation sites (N-methyl/N-ethyl adjacent to an activating group) is 1. The van der Waals surface area contributed by atoms with E-state index in [9.17, 15) is 5.11 Å². The number of aliphatic hydroxyl groups is 1. The molecule has 1 saturated carbocycles. The van der Waals surface area contributed by atoms with Gasteiger partial charge in [-0.3, -0.25) is 14.7 Å². The number of likely N-dealkylation sites (tertiary alicyclic amines) is 1. The van der Waals surface area contributed by atoms with Crippen LogP contribution in [-0.2, 0) is 11.1 Å². The standard InChI is InChI=1S/C34H25ClN2O2/c1-37-18-27(19-12-14-22(35)15-13-19)32-17-26(30-23(31(32)38)16-21-6-2-3-11-28(21)36-30)33(39)24-9-4-7-20-8-5-10-25(29(20)24)34(32,33)37/h2-16,26-27,39H,17-18H2,1H3/t26-,27+,32-,33-,34+/m1/s1. The predicted octanol–water partition coefficient (Wildman–Crippen LogP) is 6.54. The van der Waals surface area contributed by atoms with Crippen molar-refractivity contribution in [2.75, 3.05) is 13.6 Å². The van der Waals surface area contributed by atoms with Crippen molar-refractivity contribution in [3.63, 3.8) is 0 Å². The highest BCUT2D eigenvalue weighted by molar-refractivity contribution is 6.30. The van der Waals surface area contributed by atoms with Crippen LogP contribution in [0.25, 0.3) is 21.7 Å². The van der Waals surface area contributed by atoms with Crippen molar-refractivity contribution in [3.05, 3.63) is 124 Å².